The third-order valence-corrected chi connectivity index (χ3v) is 5.15. The molecule has 0 saturated heterocycles. The predicted molar refractivity (Wildman–Crippen MR) is 167 cm³/mol. The van der Waals surface area contributed by atoms with Crippen molar-refractivity contribution in [3.8, 4) is 0 Å². The Morgan fingerprint density at radius 2 is 1.40 bits per heavy atom. The molecule has 1 aromatic carbocycles. The first-order valence-corrected chi connectivity index (χ1v) is 13.6. The minimum atomic E-state index is -1.02. The number of halogens is 1. The molecule has 3 unspecified atom stereocenters. The van der Waals surface area contributed by atoms with Crippen LogP contribution in [0, 0.1) is 5.92 Å². The molecule has 0 aliphatic heterocycles. The van der Waals surface area contributed by atoms with Gasteiger partial charge in [0.25, 0.3) is 0 Å². The highest BCUT2D eigenvalue weighted by Gasteiger charge is 2.16. The van der Waals surface area contributed by atoms with Gasteiger partial charge in [-0.3, -0.25) is 24.0 Å². The van der Waals surface area contributed by atoms with Crippen molar-refractivity contribution in [1.29, 1.82) is 0 Å². The van der Waals surface area contributed by atoms with E-state index in [1.165, 1.54) is 13.8 Å². The Morgan fingerprint density at radius 3 is 1.72 bits per heavy atom. The summed E-state index contributed by atoms with van der Waals surface area (Å²) in [4.78, 5) is 53.5. The maximum Gasteiger partial charge on any atom is 0.325 e. The van der Waals surface area contributed by atoms with E-state index >= 15 is 0 Å². The van der Waals surface area contributed by atoms with Crippen molar-refractivity contribution in [3.63, 3.8) is 0 Å². The maximum absolute atomic E-state index is 11.5. The fraction of sp³-hybridized carbons (Fsp3) is 0.607. The number of ether oxygens (including phenoxy) is 1. The number of hydrogen-bond donors (Lipinski definition) is 7. The first-order chi connectivity index (χ1) is 19.5. The van der Waals surface area contributed by atoms with Gasteiger partial charge in [-0.2, -0.15) is 0 Å². The van der Waals surface area contributed by atoms with E-state index in [1.54, 1.807) is 0 Å². The molecule has 0 aromatic heterocycles. The van der Waals surface area contributed by atoms with Crippen molar-refractivity contribution in [3.05, 3.63) is 35.9 Å². The second-order valence-electron chi connectivity index (χ2n) is 9.42. The molecule has 1 amide bonds. The summed E-state index contributed by atoms with van der Waals surface area (Å²) >= 11 is 0. The first-order valence-electron chi connectivity index (χ1n) is 13.6. The van der Waals surface area contributed by atoms with Gasteiger partial charge in [0, 0.05) is 13.5 Å². The summed E-state index contributed by atoms with van der Waals surface area (Å²) in [5, 5.41) is 26.5. The largest absolute Gasteiger partial charge is 0.480 e. The number of amides is 1. The molecule has 15 heteroatoms. The van der Waals surface area contributed by atoms with Crippen molar-refractivity contribution in [2.75, 3.05) is 32.8 Å². The van der Waals surface area contributed by atoms with Gasteiger partial charge < -0.3 is 47.5 Å². The topological polar surface area (TPSA) is 249 Å². The maximum atomic E-state index is 11.5. The van der Waals surface area contributed by atoms with Gasteiger partial charge >= 0.3 is 23.9 Å². The van der Waals surface area contributed by atoms with Gasteiger partial charge in [-0.25, -0.2) is 0 Å². The van der Waals surface area contributed by atoms with Gasteiger partial charge in [0.1, 0.15) is 24.7 Å². The van der Waals surface area contributed by atoms with Gasteiger partial charge in [0.05, 0.1) is 6.54 Å². The Hall–Kier alpha value is -3.30. The highest BCUT2D eigenvalue weighted by atomic mass is 35.5. The zero-order chi connectivity index (χ0) is 33.3. The third-order valence-electron chi connectivity index (χ3n) is 5.15. The summed E-state index contributed by atoms with van der Waals surface area (Å²) in [6.07, 6.45) is 1.07. The number of carbonyl (C=O) groups is 5. The van der Waals surface area contributed by atoms with E-state index in [4.69, 9.17) is 31.5 Å². The highest BCUT2D eigenvalue weighted by Crippen LogP contribution is 2.04. The summed E-state index contributed by atoms with van der Waals surface area (Å²) in [5.74, 6) is -3.13. The predicted octanol–water partition coefficient (Wildman–Crippen LogP) is 0.933. The zero-order valence-electron chi connectivity index (χ0n) is 26.0. The van der Waals surface area contributed by atoms with Crippen molar-refractivity contribution in [2.45, 2.75) is 72.5 Å². The number of likely N-dealkylation sites (N-methyl/N-ethyl adjacent to an activating group) is 1. The molecule has 43 heavy (non-hydrogen) atoms. The number of hydrogen-bond acceptors (Lipinski definition) is 10. The number of rotatable bonds is 14. The minimum absolute atomic E-state index is 0. The number of aliphatic carboxylic acids is 3. The lowest BCUT2D eigenvalue weighted by Crippen LogP contribution is -2.36. The van der Waals surface area contributed by atoms with Gasteiger partial charge in [-0.05, 0) is 44.3 Å². The Morgan fingerprint density at radius 1 is 0.907 bits per heavy atom. The summed E-state index contributed by atoms with van der Waals surface area (Å²) in [6.45, 7) is 13.9. The lowest BCUT2D eigenvalue weighted by Gasteiger charge is -2.19. The van der Waals surface area contributed by atoms with E-state index in [2.05, 4.69) is 29.8 Å². The van der Waals surface area contributed by atoms with Crippen LogP contribution in [-0.4, -0.2) is 101 Å². The number of carboxylic acid groups (broad SMARTS) is 3. The third kappa shape index (κ3) is 31.5. The Balaban J connectivity index is -0.000000250. The molecule has 1 rings (SSSR count). The number of carboxylic acids is 3. The molecule has 0 fully saturated rings. The van der Waals surface area contributed by atoms with Crippen LogP contribution in [0.15, 0.2) is 30.3 Å². The van der Waals surface area contributed by atoms with Crippen LogP contribution >= 0.6 is 12.4 Å². The molecule has 0 aliphatic rings. The monoisotopic (exact) mass is 637 g/mol. The van der Waals surface area contributed by atoms with E-state index in [0.717, 1.165) is 25.2 Å². The van der Waals surface area contributed by atoms with Crippen molar-refractivity contribution in [1.82, 2.24) is 10.2 Å². The van der Waals surface area contributed by atoms with Crippen LogP contribution in [0.5, 0.6) is 0 Å². The molecule has 0 saturated carbocycles. The second kappa shape index (κ2) is 28.8. The van der Waals surface area contributed by atoms with E-state index < -0.39 is 36.0 Å². The first kappa shape index (κ1) is 46.7. The molecule has 0 aliphatic carbocycles. The van der Waals surface area contributed by atoms with Crippen molar-refractivity contribution >= 4 is 42.2 Å². The Labute approximate surface area is 260 Å². The molecule has 1 aromatic rings. The van der Waals surface area contributed by atoms with E-state index in [0.29, 0.717) is 25.4 Å². The average molecular weight is 638 g/mol. The number of benzene rings is 1. The van der Waals surface area contributed by atoms with Gasteiger partial charge in [-0.15, -0.1) is 12.4 Å². The number of carbonyl (C=O) groups excluding carboxylic acids is 2. The number of nitrogens with two attached hydrogens (primary N) is 3. The van der Waals surface area contributed by atoms with Crippen LogP contribution in [0.2, 0.25) is 0 Å². The minimum Gasteiger partial charge on any atom is -0.480 e. The lowest BCUT2D eigenvalue weighted by atomic mass is 10.1. The summed E-state index contributed by atoms with van der Waals surface area (Å²) < 4.78 is 5.13. The van der Waals surface area contributed by atoms with Crippen LogP contribution in [0.4, 0.5) is 0 Å². The second-order valence-corrected chi connectivity index (χ2v) is 9.42. The molecule has 3 atom stereocenters. The SMILES string of the molecule is CC(=O)NC(C)C(=O)O.CCN(CC)CCOC(=O)C(N)CC(C)C.Cl.NC(Cc1ccccc1)C(=O)O.NCC(=O)O. The molecule has 0 spiro atoms. The highest BCUT2D eigenvalue weighted by molar-refractivity contribution is 5.85. The molecule has 0 heterocycles. The standard InChI is InChI=1S/C12H26N2O2.C9H11NO2.C5H9NO3.C2H5NO2.ClH/c1-5-14(6-2)7-8-16-12(15)11(13)9-10(3)4;10-8(9(11)12)6-7-4-2-1-3-5-7;1-3(5(8)9)6-4(2)7;3-1-2(4)5;/h10-11H,5-9,13H2,1-4H3;1-5,8H,6,10H2,(H,11,12);3H,1-2H3,(H,6,7)(H,8,9);1,3H2,(H,4,5);1H. The molecule has 250 valence electrons. The van der Waals surface area contributed by atoms with E-state index in [1.807, 2.05) is 44.2 Å². The molecular weight excluding hydrogens is 586 g/mol. The van der Waals surface area contributed by atoms with Crippen LogP contribution in [0.1, 0.15) is 53.5 Å². The number of esters is 1. The normalized spacial score (nSPS) is 11.8. The quantitative estimate of drug-likeness (QED) is 0.140. The summed E-state index contributed by atoms with van der Waals surface area (Å²) in [7, 11) is 0. The smallest absolute Gasteiger partial charge is 0.325 e. The molecule has 10 N–H and O–H groups in total. The molecule has 0 radical (unpaired) electrons. The fourth-order valence-electron chi connectivity index (χ4n) is 2.85. The number of nitrogens with one attached hydrogen (secondary N) is 1. The zero-order valence-corrected chi connectivity index (χ0v) is 26.8. The van der Waals surface area contributed by atoms with Gasteiger partial charge in [-0.1, -0.05) is 58.0 Å². The van der Waals surface area contributed by atoms with Crippen molar-refractivity contribution < 1.29 is 44.0 Å². The van der Waals surface area contributed by atoms with E-state index in [9.17, 15) is 24.0 Å². The number of nitrogens with zero attached hydrogens (tertiary/aromatic N) is 1. The summed E-state index contributed by atoms with van der Waals surface area (Å²) in [6, 6.07) is 7.28. The van der Waals surface area contributed by atoms with Crippen molar-refractivity contribution in [2.24, 2.45) is 23.1 Å². The molecular formula is C28H52ClN5O9. The lowest BCUT2D eigenvalue weighted by molar-refractivity contribution is -0.146. The summed E-state index contributed by atoms with van der Waals surface area (Å²) in [5.41, 5.74) is 16.6. The van der Waals surface area contributed by atoms with Crippen LogP contribution in [0.3, 0.4) is 0 Å². The van der Waals surface area contributed by atoms with Gasteiger partial charge in [0.15, 0.2) is 0 Å². The van der Waals surface area contributed by atoms with Gasteiger partial charge in [0.2, 0.25) is 5.91 Å². The molecule has 0 bridgehead atoms. The van der Waals surface area contributed by atoms with Crippen LogP contribution in [0.25, 0.3) is 0 Å². The average Bonchev–Trinajstić information content (AvgIpc) is 2.91. The molecule has 14 nitrogen and oxygen atoms in total. The van der Waals surface area contributed by atoms with Crippen LogP contribution in [-0.2, 0) is 35.1 Å². The Bertz CT molecular complexity index is 904. The fourth-order valence-corrected chi connectivity index (χ4v) is 2.85. The van der Waals surface area contributed by atoms with Crippen LogP contribution < -0.4 is 22.5 Å². The Kier molecular flexibility index (Phi) is 31.2. The van der Waals surface area contributed by atoms with E-state index in [-0.39, 0.29) is 30.8 Å².